The first-order chi connectivity index (χ1) is 17.8. The van der Waals surface area contributed by atoms with E-state index in [1.165, 1.54) is 18.3 Å². The van der Waals surface area contributed by atoms with E-state index < -0.39 is 17.8 Å². The summed E-state index contributed by atoms with van der Waals surface area (Å²) < 4.78 is 49.0. The SMILES string of the molecule is CCOc1ccc(C(F)(F)F)cc1NC(=O)NC1CCCCC1.O=Nc1ccnc(N2CCOCC2)n1. The summed E-state index contributed by atoms with van der Waals surface area (Å²) in [5, 5.41) is 8.06. The Bertz CT molecular complexity index is 1030. The Labute approximate surface area is 212 Å². The van der Waals surface area contributed by atoms with Crippen LogP contribution in [0, 0.1) is 4.91 Å². The summed E-state index contributed by atoms with van der Waals surface area (Å²) in [7, 11) is 0. The number of nitroso groups, excluding NO2 is 1. The number of rotatable bonds is 6. The average molecular weight is 525 g/mol. The zero-order valence-corrected chi connectivity index (χ0v) is 20.6. The molecule has 1 saturated carbocycles. The first kappa shape index (κ1) is 28.1. The van der Waals surface area contributed by atoms with Gasteiger partial charge in [0.05, 0.1) is 31.1 Å². The molecule has 2 aromatic rings. The Hall–Kier alpha value is -3.48. The maximum Gasteiger partial charge on any atom is 0.416 e. The van der Waals surface area contributed by atoms with E-state index >= 15 is 0 Å². The largest absolute Gasteiger partial charge is 0.492 e. The molecule has 10 nitrogen and oxygen atoms in total. The van der Waals surface area contributed by atoms with E-state index in [0.717, 1.165) is 57.3 Å². The summed E-state index contributed by atoms with van der Waals surface area (Å²) in [5.74, 6) is 0.936. The number of nitrogens with zero attached hydrogens (tertiary/aromatic N) is 4. The number of ether oxygens (including phenoxy) is 2. The molecule has 0 atom stereocenters. The number of morpholine rings is 1. The zero-order valence-electron chi connectivity index (χ0n) is 20.6. The average Bonchev–Trinajstić information content (AvgIpc) is 2.90. The van der Waals surface area contributed by atoms with Gasteiger partial charge in [0, 0.05) is 31.4 Å². The van der Waals surface area contributed by atoms with Crippen LogP contribution in [0.3, 0.4) is 0 Å². The van der Waals surface area contributed by atoms with Gasteiger partial charge in [-0.1, -0.05) is 19.3 Å². The number of nitrogens with one attached hydrogen (secondary N) is 2. The molecule has 1 aliphatic heterocycles. The smallest absolute Gasteiger partial charge is 0.416 e. The lowest BCUT2D eigenvalue weighted by atomic mass is 9.96. The molecule has 1 saturated heterocycles. The lowest BCUT2D eigenvalue weighted by Crippen LogP contribution is -2.39. The highest BCUT2D eigenvalue weighted by Crippen LogP contribution is 2.35. The Kier molecular flexibility index (Phi) is 10.4. The van der Waals surface area contributed by atoms with Gasteiger partial charge in [-0.15, -0.1) is 4.91 Å². The minimum absolute atomic E-state index is 0.0231. The van der Waals surface area contributed by atoms with Gasteiger partial charge >= 0.3 is 12.2 Å². The molecule has 0 bridgehead atoms. The molecule has 2 aliphatic rings. The number of urea groups is 1. The highest BCUT2D eigenvalue weighted by atomic mass is 19.4. The van der Waals surface area contributed by atoms with Crippen LogP contribution in [0.2, 0.25) is 0 Å². The molecular formula is C24H31F3N6O4. The van der Waals surface area contributed by atoms with Crippen molar-refractivity contribution in [2.24, 2.45) is 5.18 Å². The van der Waals surface area contributed by atoms with E-state index in [2.05, 4.69) is 25.8 Å². The van der Waals surface area contributed by atoms with Crippen LogP contribution >= 0.6 is 0 Å². The third-order valence-electron chi connectivity index (χ3n) is 5.81. The fourth-order valence-electron chi connectivity index (χ4n) is 3.98. The molecule has 202 valence electrons. The third-order valence-corrected chi connectivity index (χ3v) is 5.81. The number of halogens is 3. The van der Waals surface area contributed by atoms with Crippen molar-refractivity contribution in [3.8, 4) is 5.75 Å². The van der Waals surface area contributed by atoms with Crippen molar-refractivity contribution in [3.05, 3.63) is 40.9 Å². The Balaban J connectivity index is 0.000000231. The van der Waals surface area contributed by atoms with E-state index in [1.807, 2.05) is 4.90 Å². The number of benzene rings is 1. The fraction of sp³-hybridized carbons (Fsp3) is 0.542. The molecule has 4 rings (SSSR count). The number of carbonyl (C=O) groups is 1. The molecule has 37 heavy (non-hydrogen) atoms. The summed E-state index contributed by atoms with van der Waals surface area (Å²) in [6.45, 7) is 4.86. The van der Waals surface area contributed by atoms with Gasteiger partial charge in [-0.3, -0.25) is 0 Å². The molecule has 13 heteroatoms. The Morgan fingerprint density at radius 1 is 1.19 bits per heavy atom. The number of aromatic nitrogens is 2. The summed E-state index contributed by atoms with van der Waals surface area (Å²) >= 11 is 0. The molecule has 2 N–H and O–H groups in total. The van der Waals surface area contributed by atoms with E-state index in [1.54, 1.807) is 6.92 Å². The van der Waals surface area contributed by atoms with Crippen LogP contribution in [-0.4, -0.2) is 55.0 Å². The van der Waals surface area contributed by atoms with E-state index in [-0.39, 0.29) is 23.3 Å². The monoisotopic (exact) mass is 524 g/mol. The van der Waals surface area contributed by atoms with Crippen LogP contribution in [0.25, 0.3) is 0 Å². The van der Waals surface area contributed by atoms with Crippen LogP contribution in [0.4, 0.5) is 35.4 Å². The second kappa shape index (κ2) is 13.7. The van der Waals surface area contributed by atoms with Crippen molar-refractivity contribution < 1.29 is 27.4 Å². The molecule has 2 fully saturated rings. The molecule has 1 aromatic carbocycles. The number of anilines is 2. The molecule has 0 spiro atoms. The van der Waals surface area contributed by atoms with E-state index in [9.17, 15) is 22.9 Å². The summed E-state index contributed by atoms with van der Waals surface area (Å²) in [6, 6.07) is 4.11. The predicted octanol–water partition coefficient (Wildman–Crippen LogP) is 5.27. The third kappa shape index (κ3) is 8.85. The molecule has 0 radical (unpaired) electrons. The van der Waals surface area contributed by atoms with Gasteiger partial charge in [-0.05, 0) is 43.1 Å². The molecule has 1 aliphatic carbocycles. The second-order valence-electron chi connectivity index (χ2n) is 8.48. The van der Waals surface area contributed by atoms with Gasteiger partial charge in [0.1, 0.15) is 5.75 Å². The normalized spacial score (nSPS) is 16.3. The second-order valence-corrected chi connectivity index (χ2v) is 8.48. The van der Waals surface area contributed by atoms with Gasteiger partial charge in [-0.2, -0.15) is 18.2 Å². The molecular weight excluding hydrogens is 493 g/mol. The van der Waals surface area contributed by atoms with Gasteiger partial charge < -0.3 is 25.0 Å². The van der Waals surface area contributed by atoms with Crippen molar-refractivity contribution in [1.82, 2.24) is 15.3 Å². The number of hydrogen-bond acceptors (Lipinski definition) is 8. The zero-order chi connectivity index (χ0) is 26.7. The maximum absolute atomic E-state index is 12.8. The molecule has 1 aromatic heterocycles. The number of hydrogen-bond donors (Lipinski definition) is 2. The van der Waals surface area contributed by atoms with Crippen molar-refractivity contribution in [2.75, 3.05) is 43.1 Å². The summed E-state index contributed by atoms with van der Waals surface area (Å²) in [5.41, 5.74) is -0.802. The van der Waals surface area contributed by atoms with Crippen molar-refractivity contribution in [1.29, 1.82) is 0 Å². The Morgan fingerprint density at radius 3 is 2.57 bits per heavy atom. The topological polar surface area (TPSA) is 118 Å². The maximum atomic E-state index is 12.8. The van der Waals surface area contributed by atoms with E-state index in [0.29, 0.717) is 25.8 Å². The van der Waals surface area contributed by atoms with Crippen LogP contribution < -0.4 is 20.3 Å². The fourth-order valence-corrected chi connectivity index (χ4v) is 3.98. The molecule has 0 unspecified atom stereocenters. The first-order valence-corrected chi connectivity index (χ1v) is 12.2. The van der Waals surface area contributed by atoms with Crippen LogP contribution in [0.5, 0.6) is 5.75 Å². The quantitative estimate of drug-likeness (QED) is 0.494. The summed E-state index contributed by atoms with van der Waals surface area (Å²) in [4.78, 5) is 32.3. The molecule has 2 heterocycles. The number of alkyl halides is 3. The molecule has 2 amide bonds. The minimum atomic E-state index is -4.47. The highest BCUT2D eigenvalue weighted by Gasteiger charge is 2.31. The van der Waals surface area contributed by atoms with Crippen molar-refractivity contribution >= 4 is 23.5 Å². The Morgan fingerprint density at radius 2 is 1.92 bits per heavy atom. The highest BCUT2D eigenvalue weighted by molar-refractivity contribution is 5.91. The van der Waals surface area contributed by atoms with Crippen LogP contribution in [0.15, 0.2) is 35.6 Å². The minimum Gasteiger partial charge on any atom is -0.492 e. The van der Waals surface area contributed by atoms with Gasteiger partial charge in [-0.25, -0.2) is 9.78 Å². The predicted molar refractivity (Wildman–Crippen MR) is 132 cm³/mol. The van der Waals surface area contributed by atoms with Crippen molar-refractivity contribution in [2.45, 2.75) is 51.2 Å². The number of carbonyl (C=O) groups excluding carboxylic acids is 1. The van der Waals surface area contributed by atoms with Crippen LogP contribution in [-0.2, 0) is 10.9 Å². The lowest BCUT2D eigenvalue weighted by molar-refractivity contribution is -0.137. The number of amides is 2. The lowest BCUT2D eigenvalue weighted by Gasteiger charge is -2.26. The van der Waals surface area contributed by atoms with Crippen LogP contribution in [0.1, 0.15) is 44.6 Å². The van der Waals surface area contributed by atoms with Crippen molar-refractivity contribution in [3.63, 3.8) is 0 Å². The summed E-state index contributed by atoms with van der Waals surface area (Å²) in [6.07, 6.45) is 2.12. The standard InChI is InChI=1S/C16H21F3N2O2.C8H10N4O2/c1-2-23-14-9-8-11(16(17,18)19)10-13(14)21-15(22)20-12-6-4-3-5-7-12;13-11-7-1-2-9-8(10-7)12-3-5-14-6-4-12/h8-10,12H,2-7H2,1H3,(H2,20,21,22);1-2H,3-6H2. The van der Waals surface area contributed by atoms with Gasteiger partial charge in [0.2, 0.25) is 11.8 Å². The van der Waals surface area contributed by atoms with Gasteiger partial charge in [0.15, 0.2) is 0 Å². The van der Waals surface area contributed by atoms with Gasteiger partial charge in [0.25, 0.3) is 0 Å². The first-order valence-electron chi connectivity index (χ1n) is 12.2. The van der Waals surface area contributed by atoms with E-state index in [4.69, 9.17) is 9.47 Å².